The van der Waals surface area contributed by atoms with E-state index in [0.29, 0.717) is 0 Å². The summed E-state index contributed by atoms with van der Waals surface area (Å²) in [6.45, 7) is 11.6. The Morgan fingerprint density at radius 2 is 1.52 bits per heavy atom. The summed E-state index contributed by atoms with van der Waals surface area (Å²) < 4.78 is 2.54. The average molecular weight is 407 g/mol. The van der Waals surface area contributed by atoms with Crippen LogP contribution in [0.1, 0.15) is 57.6 Å². The predicted octanol–water partition coefficient (Wildman–Crippen LogP) is 7.83. The standard InChI is InChI=1S/C30H32N/c1-5-8-12-22-15-11-16-26-25(22)17-18-31-29(26)28-20-24-14-10-9-13-23(24)19-27(28)21(4)30(31,6-2)7-3/h9-11,13-20H,4-8,12H2,1-3H3/q+1. The molecule has 0 bridgehead atoms. The van der Waals surface area contributed by atoms with Crippen LogP contribution >= 0.6 is 0 Å². The number of pyridine rings is 1. The summed E-state index contributed by atoms with van der Waals surface area (Å²) in [4.78, 5) is 0. The maximum Gasteiger partial charge on any atom is 0.221 e. The van der Waals surface area contributed by atoms with Crippen LogP contribution in [0.3, 0.4) is 0 Å². The number of hydrogen-bond donors (Lipinski definition) is 0. The Kier molecular flexibility index (Phi) is 4.93. The molecule has 0 fully saturated rings. The van der Waals surface area contributed by atoms with Crippen molar-refractivity contribution in [2.24, 2.45) is 0 Å². The van der Waals surface area contributed by atoms with Gasteiger partial charge in [-0.3, -0.25) is 0 Å². The molecule has 3 aromatic carbocycles. The Morgan fingerprint density at radius 3 is 2.19 bits per heavy atom. The SMILES string of the molecule is C=C1c2cc3ccccc3cc2-c2c3cccc(CCCC)c3cc[n+]2C1(CC)CC. The summed E-state index contributed by atoms with van der Waals surface area (Å²) in [5.74, 6) is 0. The number of rotatable bonds is 5. The summed E-state index contributed by atoms with van der Waals surface area (Å²) in [6.07, 6.45) is 8.00. The second kappa shape index (κ2) is 7.64. The molecule has 4 aromatic rings. The number of aromatic nitrogens is 1. The lowest BCUT2D eigenvalue weighted by Crippen LogP contribution is -2.59. The fraction of sp³-hybridized carbons (Fsp3) is 0.300. The third-order valence-corrected chi connectivity index (χ3v) is 7.54. The fourth-order valence-electron chi connectivity index (χ4n) is 5.69. The number of benzene rings is 3. The average Bonchev–Trinajstić information content (AvgIpc) is 2.82. The molecule has 0 unspecified atom stereocenters. The topological polar surface area (TPSA) is 3.88 Å². The molecule has 1 nitrogen and oxygen atoms in total. The zero-order valence-corrected chi connectivity index (χ0v) is 19.0. The molecule has 0 saturated carbocycles. The predicted molar refractivity (Wildman–Crippen MR) is 133 cm³/mol. The molecule has 0 radical (unpaired) electrons. The lowest BCUT2D eigenvalue weighted by Gasteiger charge is -2.35. The Balaban J connectivity index is 1.90. The number of nitrogens with zero attached hydrogens (tertiary/aromatic N) is 1. The molecule has 1 aliphatic rings. The van der Waals surface area contributed by atoms with Crippen LogP contribution in [-0.2, 0) is 12.0 Å². The minimum absolute atomic E-state index is 0.0849. The van der Waals surface area contributed by atoms with Gasteiger partial charge in [0, 0.05) is 24.5 Å². The van der Waals surface area contributed by atoms with Crippen LogP contribution in [0.5, 0.6) is 0 Å². The van der Waals surface area contributed by atoms with Crippen molar-refractivity contribution in [1.29, 1.82) is 0 Å². The molecular weight excluding hydrogens is 374 g/mol. The first kappa shape index (κ1) is 20.0. The molecule has 31 heavy (non-hydrogen) atoms. The molecule has 0 amide bonds. The fourth-order valence-corrected chi connectivity index (χ4v) is 5.69. The van der Waals surface area contributed by atoms with Gasteiger partial charge in [-0.25, -0.2) is 0 Å². The molecule has 0 spiro atoms. The van der Waals surface area contributed by atoms with E-state index in [-0.39, 0.29) is 5.54 Å². The summed E-state index contributed by atoms with van der Waals surface area (Å²) in [5.41, 5.74) is 6.62. The van der Waals surface area contributed by atoms with E-state index in [1.807, 2.05) is 0 Å². The highest BCUT2D eigenvalue weighted by Gasteiger charge is 2.47. The first-order chi connectivity index (χ1) is 15.1. The third-order valence-electron chi connectivity index (χ3n) is 7.54. The maximum atomic E-state index is 4.67. The molecule has 156 valence electrons. The third kappa shape index (κ3) is 2.86. The van der Waals surface area contributed by atoms with Gasteiger partial charge in [-0.1, -0.05) is 70.2 Å². The van der Waals surface area contributed by atoms with Crippen LogP contribution < -0.4 is 4.57 Å². The van der Waals surface area contributed by atoms with Gasteiger partial charge in [-0.05, 0) is 58.3 Å². The second-order valence-electron chi connectivity index (χ2n) is 8.98. The van der Waals surface area contributed by atoms with Crippen molar-refractivity contribution in [3.8, 4) is 11.3 Å². The second-order valence-corrected chi connectivity index (χ2v) is 8.98. The molecule has 1 heteroatoms. The summed E-state index contributed by atoms with van der Waals surface area (Å²) in [6, 6.07) is 22.7. The van der Waals surface area contributed by atoms with Crippen LogP contribution in [0.2, 0.25) is 0 Å². The van der Waals surface area contributed by atoms with Crippen molar-refractivity contribution < 1.29 is 4.57 Å². The van der Waals surface area contributed by atoms with Crippen LogP contribution in [0.25, 0.3) is 38.4 Å². The van der Waals surface area contributed by atoms with E-state index in [1.165, 1.54) is 62.3 Å². The van der Waals surface area contributed by atoms with E-state index < -0.39 is 0 Å². The van der Waals surface area contributed by atoms with Crippen LogP contribution in [-0.4, -0.2) is 0 Å². The molecule has 0 N–H and O–H groups in total. The molecule has 1 aromatic heterocycles. The normalized spacial score (nSPS) is 14.6. The van der Waals surface area contributed by atoms with Gasteiger partial charge in [0.05, 0.1) is 10.9 Å². The Labute approximate surface area is 186 Å². The number of hydrogen-bond acceptors (Lipinski definition) is 0. The highest BCUT2D eigenvalue weighted by molar-refractivity contribution is 6.02. The minimum Gasteiger partial charge on any atom is -0.188 e. The van der Waals surface area contributed by atoms with Crippen molar-refractivity contribution in [2.45, 2.75) is 58.4 Å². The maximum absolute atomic E-state index is 4.67. The summed E-state index contributed by atoms with van der Waals surface area (Å²) in [5, 5.41) is 5.35. The van der Waals surface area contributed by atoms with Gasteiger partial charge >= 0.3 is 0 Å². The molecule has 0 aliphatic carbocycles. The first-order valence-electron chi connectivity index (χ1n) is 11.8. The molecule has 5 rings (SSSR count). The van der Waals surface area contributed by atoms with Crippen molar-refractivity contribution in [2.75, 3.05) is 0 Å². The zero-order chi connectivity index (χ0) is 21.6. The van der Waals surface area contributed by atoms with Crippen molar-refractivity contribution in [3.63, 3.8) is 0 Å². The van der Waals surface area contributed by atoms with Crippen molar-refractivity contribution >= 4 is 27.1 Å². The van der Waals surface area contributed by atoms with Crippen molar-refractivity contribution in [3.05, 3.63) is 84.6 Å². The van der Waals surface area contributed by atoms with Crippen LogP contribution in [0.15, 0.2) is 73.4 Å². The van der Waals surface area contributed by atoms with Gasteiger partial charge in [-0.15, -0.1) is 0 Å². The largest absolute Gasteiger partial charge is 0.221 e. The van der Waals surface area contributed by atoms with Gasteiger partial charge in [-0.2, -0.15) is 4.57 Å². The lowest BCUT2D eigenvalue weighted by atomic mass is 9.74. The minimum atomic E-state index is -0.0849. The monoisotopic (exact) mass is 406 g/mol. The smallest absolute Gasteiger partial charge is 0.188 e. The van der Waals surface area contributed by atoms with Gasteiger partial charge < -0.3 is 0 Å². The van der Waals surface area contributed by atoms with E-state index in [2.05, 4.69) is 98.8 Å². The number of fused-ring (bicyclic) bond motifs is 6. The zero-order valence-electron chi connectivity index (χ0n) is 19.0. The lowest BCUT2D eigenvalue weighted by molar-refractivity contribution is -0.740. The quantitative estimate of drug-likeness (QED) is 0.297. The van der Waals surface area contributed by atoms with E-state index >= 15 is 0 Å². The highest BCUT2D eigenvalue weighted by Crippen LogP contribution is 2.46. The Hall–Kier alpha value is -2.93. The van der Waals surface area contributed by atoms with E-state index in [4.69, 9.17) is 0 Å². The van der Waals surface area contributed by atoms with Gasteiger partial charge in [0.1, 0.15) is 0 Å². The number of allylic oxidation sites excluding steroid dienone is 1. The highest BCUT2D eigenvalue weighted by atomic mass is 15.1. The van der Waals surface area contributed by atoms with E-state index in [9.17, 15) is 0 Å². The molecule has 0 atom stereocenters. The van der Waals surface area contributed by atoms with Crippen molar-refractivity contribution in [1.82, 2.24) is 0 Å². The first-order valence-corrected chi connectivity index (χ1v) is 11.8. The number of aryl methyl sites for hydroxylation is 1. The molecular formula is C30H32N+. The molecule has 1 aliphatic heterocycles. The van der Waals surface area contributed by atoms with E-state index in [0.717, 1.165) is 19.3 Å². The summed E-state index contributed by atoms with van der Waals surface area (Å²) >= 11 is 0. The Morgan fingerprint density at radius 1 is 0.806 bits per heavy atom. The van der Waals surface area contributed by atoms with Gasteiger partial charge in [0.2, 0.25) is 5.69 Å². The van der Waals surface area contributed by atoms with Gasteiger partial charge in [0.15, 0.2) is 11.7 Å². The van der Waals surface area contributed by atoms with Crippen LogP contribution in [0, 0.1) is 0 Å². The van der Waals surface area contributed by atoms with Gasteiger partial charge in [0.25, 0.3) is 0 Å². The number of unbranched alkanes of at least 4 members (excludes halogenated alkanes) is 1. The van der Waals surface area contributed by atoms with Crippen LogP contribution in [0.4, 0.5) is 0 Å². The summed E-state index contributed by atoms with van der Waals surface area (Å²) in [7, 11) is 0. The Bertz CT molecular complexity index is 1310. The van der Waals surface area contributed by atoms with E-state index in [1.54, 1.807) is 0 Å². The molecule has 0 saturated heterocycles. The molecule has 2 heterocycles.